The highest BCUT2D eigenvalue weighted by atomic mass is 32.3. The molecule has 2 aliphatic rings. The number of nitrogens with zero attached hydrogens (tertiary/aromatic N) is 1. The Morgan fingerprint density at radius 1 is 1.48 bits per heavy atom. The molecule has 7 nitrogen and oxygen atoms in total. The molecule has 0 amide bonds. The molecule has 0 aromatic carbocycles. The number of rotatable bonds is 1. The Labute approximate surface area is 128 Å². The number of nitrogens with one attached hydrogen (secondary N) is 1. The van der Waals surface area contributed by atoms with Crippen molar-refractivity contribution in [1.29, 1.82) is 0 Å². The van der Waals surface area contributed by atoms with Crippen LogP contribution in [0.15, 0.2) is 14.5 Å². The Morgan fingerprint density at radius 2 is 2.14 bits per heavy atom. The number of primary sulfonamides is 1. The van der Waals surface area contributed by atoms with Gasteiger partial charge in [0, 0.05) is 24.2 Å². The molecule has 21 heavy (non-hydrogen) atoms. The molecule has 2 unspecified atom stereocenters. The summed E-state index contributed by atoms with van der Waals surface area (Å²) in [5.74, 6) is -0.00847. The summed E-state index contributed by atoms with van der Waals surface area (Å²) in [6, 6.07) is 1.22. The summed E-state index contributed by atoms with van der Waals surface area (Å²) in [5, 5.41) is 8.51. The van der Waals surface area contributed by atoms with E-state index in [0.717, 1.165) is 17.9 Å². The van der Waals surface area contributed by atoms with E-state index in [1.807, 2.05) is 18.9 Å². The average Bonchev–Trinajstić information content (AvgIpc) is 2.77. The summed E-state index contributed by atoms with van der Waals surface area (Å²) < 4.78 is 47.9. The molecule has 10 heteroatoms. The van der Waals surface area contributed by atoms with Gasteiger partial charge in [0.2, 0.25) is 10.0 Å². The predicted octanol–water partition coefficient (Wildman–Crippen LogP) is -0.484. The summed E-state index contributed by atoms with van der Waals surface area (Å²) in [6.07, 6.45) is 0. The zero-order chi connectivity index (χ0) is 15.6. The number of sulfone groups is 1. The van der Waals surface area contributed by atoms with Gasteiger partial charge in [-0.25, -0.2) is 22.0 Å². The van der Waals surface area contributed by atoms with Crippen LogP contribution < -0.4 is 10.5 Å². The van der Waals surface area contributed by atoms with Gasteiger partial charge < -0.3 is 5.32 Å². The third kappa shape index (κ3) is 2.53. The molecule has 0 saturated carbocycles. The molecule has 0 spiro atoms. The predicted molar refractivity (Wildman–Crippen MR) is 79.5 cm³/mol. The first-order valence-corrected chi connectivity index (χ1v) is 10.5. The number of likely N-dealkylation sites (N-methyl/N-ethyl adjacent to an activating group) is 1. The number of piperazine rings is 1. The number of hydrogen-bond donors (Lipinski definition) is 2. The van der Waals surface area contributed by atoms with Crippen molar-refractivity contribution >= 4 is 31.2 Å². The summed E-state index contributed by atoms with van der Waals surface area (Å²) in [5.41, 5.74) is 0.527. The molecule has 3 rings (SSSR count). The number of hydrogen-bond acceptors (Lipinski definition) is 7. The van der Waals surface area contributed by atoms with Crippen molar-refractivity contribution in [3.05, 3.63) is 11.6 Å². The van der Waals surface area contributed by atoms with E-state index in [9.17, 15) is 16.8 Å². The Balaban J connectivity index is 2.18. The van der Waals surface area contributed by atoms with Crippen LogP contribution in [0.3, 0.4) is 0 Å². The normalized spacial score (nSPS) is 32.4. The van der Waals surface area contributed by atoms with E-state index in [-0.39, 0.29) is 32.3 Å². The highest BCUT2D eigenvalue weighted by Gasteiger charge is 2.44. The van der Waals surface area contributed by atoms with E-state index in [1.54, 1.807) is 0 Å². The molecule has 0 radical (unpaired) electrons. The second-order valence-corrected chi connectivity index (χ2v) is 10.8. The third-order valence-corrected chi connectivity index (χ3v) is 8.93. The SMILES string of the molecule is CC1CN(C)[C@@H]2CS(=O)(=O)c3sc(S(N)(=O)=O)cc3C2N1. The van der Waals surface area contributed by atoms with Crippen LogP contribution in [0.25, 0.3) is 0 Å². The summed E-state index contributed by atoms with van der Waals surface area (Å²) in [4.78, 5) is 2.01. The largest absolute Gasteiger partial charge is 0.305 e. The number of nitrogens with two attached hydrogens (primary N) is 1. The van der Waals surface area contributed by atoms with E-state index in [1.165, 1.54) is 6.07 Å². The Bertz CT molecular complexity index is 784. The number of fused-ring (bicyclic) bond motifs is 3. The highest BCUT2D eigenvalue weighted by molar-refractivity contribution is 7.95. The monoisotopic (exact) mass is 351 g/mol. The van der Waals surface area contributed by atoms with Gasteiger partial charge in [-0.3, -0.25) is 4.90 Å². The lowest BCUT2D eigenvalue weighted by Crippen LogP contribution is -2.59. The van der Waals surface area contributed by atoms with E-state index in [2.05, 4.69) is 5.32 Å². The van der Waals surface area contributed by atoms with Crippen molar-refractivity contribution in [2.24, 2.45) is 5.14 Å². The van der Waals surface area contributed by atoms with Gasteiger partial charge in [-0.05, 0) is 20.0 Å². The van der Waals surface area contributed by atoms with E-state index < -0.39 is 19.9 Å². The molecule has 0 bridgehead atoms. The zero-order valence-electron chi connectivity index (χ0n) is 11.6. The van der Waals surface area contributed by atoms with Gasteiger partial charge in [-0.1, -0.05) is 0 Å². The quantitative estimate of drug-likeness (QED) is 0.707. The maximum atomic E-state index is 12.4. The molecule has 1 aromatic heterocycles. The van der Waals surface area contributed by atoms with E-state index in [0.29, 0.717) is 5.56 Å². The van der Waals surface area contributed by atoms with Crippen molar-refractivity contribution in [2.45, 2.75) is 33.5 Å². The van der Waals surface area contributed by atoms with E-state index >= 15 is 0 Å². The van der Waals surface area contributed by atoms with Gasteiger partial charge in [0.05, 0.1) is 11.8 Å². The Kier molecular flexibility index (Phi) is 3.47. The molecular formula is C11H17N3O4S3. The molecule has 3 N–H and O–H groups in total. The van der Waals surface area contributed by atoms with Crippen LogP contribution >= 0.6 is 11.3 Å². The van der Waals surface area contributed by atoms with Crippen LogP contribution in [0.1, 0.15) is 18.5 Å². The fraction of sp³-hybridized carbons (Fsp3) is 0.636. The van der Waals surface area contributed by atoms with Crippen LogP contribution in [0.4, 0.5) is 0 Å². The first-order chi connectivity index (χ1) is 9.59. The third-order valence-electron chi connectivity index (χ3n) is 3.97. The van der Waals surface area contributed by atoms with Crippen LogP contribution in [-0.4, -0.2) is 53.2 Å². The zero-order valence-corrected chi connectivity index (χ0v) is 14.1. The maximum absolute atomic E-state index is 12.4. The molecule has 1 saturated heterocycles. The van der Waals surface area contributed by atoms with Gasteiger partial charge in [-0.15, -0.1) is 11.3 Å². The van der Waals surface area contributed by atoms with Crippen molar-refractivity contribution in [3.8, 4) is 0 Å². The standard InChI is InChI=1S/C11H17N3O4S3/c1-6-4-14(2)8-5-20(15,16)11-7(10(8)13-6)3-9(19-11)21(12,17)18/h3,6,8,10,13H,4-5H2,1-2H3,(H2,12,17,18)/t6?,8-,10?/m1/s1. The lowest BCUT2D eigenvalue weighted by molar-refractivity contribution is 0.132. The summed E-state index contributed by atoms with van der Waals surface area (Å²) >= 11 is 0.748. The van der Waals surface area contributed by atoms with Crippen LogP contribution in [-0.2, 0) is 19.9 Å². The molecule has 2 aliphatic heterocycles. The van der Waals surface area contributed by atoms with Gasteiger partial charge >= 0.3 is 0 Å². The summed E-state index contributed by atoms with van der Waals surface area (Å²) in [6.45, 7) is 2.76. The van der Waals surface area contributed by atoms with Gasteiger partial charge in [0.15, 0.2) is 9.84 Å². The van der Waals surface area contributed by atoms with Crippen molar-refractivity contribution in [2.75, 3.05) is 19.3 Å². The summed E-state index contributed by atoms with van der Waals surface area (Å²) in [7, 11) is -5.49. The molecule has 0 aliphatic carbocycles. The molecule has 3 heterocycles. The molecule has 118 valence electrons. The minimum absolute atomic E-state index is 0.00847. The fourth-order valence-electron chi connectivity index (χ4n) is 3.08. The molecule has 1 aromatic rings. The first-order valence-electron chi connectivity index (χ1n) is 6.45. The van der Waals surface area contributed by atoms with Gasteiger partial charge in [0.1, 0.15) is 8.42 Å². The lowest BCUT2D eigenvalue weighted by atomic mass is 9.97. The minimum atomic E-state index is -3.90. The Hall–Kier alpha value is -0.520. The highest BCUT2D eigenvalue weighted by Crippen LogP contribution is 2.42. The number of thiophene rings is 1. The molecule has 3 atom stereocenters. The van der Waals surface area contributed by atoms with Gasteiger partial charge in [0.25, 0.3) is 0 Å². The minimum Gasteiger partial charge on any atom is -0.305 e. The topological polar surface area (TPSA) is 110 Å². The average molecular weight is 351 g/mol. The van der Waals surface area contributed by atoms with Crippen LogP contribution in [0.2, 0.25) is 0 Å². The van der Waals surface area contributed by atoms with Crippen molar-refractivity contribution in [3.63, 3.8) is 0 Å². The van der Waals surface area contributed by atoms with Crippen LogP contribution in [0, 0.1) is 0 Å². The van der Waals surface area contributed by atoms with Crippen molar-refractivity contribution < 1.29 is 16.8 Å². The van der Waals surface area contributed by atoms with Crippen LogP contribution in [0.5, 0.6) is 0 Å². The lowest BCUT2D eigenvalue weighted by Gasteiger charge is -2.45. The van der Waals surface area contributed by atoms with Gasteiger partial charge in [-0.2, -0.15) is 0 Å². The second kappa shape index (κ2) is 4.74. The molecular weight excluding hydrogens is 334 g/mol. The smallest absolute Gasteiger partial charge is 0.247 e. The maximum Gasteiger partial charge on any atom is 0.247 e. The fourth-order valence-corrected chi connectivity index (χ4v) is 7.49. The molecule has 1 fully saturated rings. The van der Waals surface area contributed by atoms with E-state index in [4.69, 9.17) is 5.14 Å². The van der Waals surface area contributed by atoms with Crippen molar-refractivity contribution in [1.82, 2.24) is 10.2 Å². The first kappa shape index (κ1) is 15.4. The number of sulfonamides is 1. The second-order valence-electron chi connectivity index (χ2n) is 5.69. The Morgan fingerprint density at radius 3 is 2.76 bits per heavy atom.